The summed E-state index contributed by atoms with van der Waals surface area (Å²) in [7, 11) is 0. The van der Waals surface area contributed by atoms with Crippen LogP contribution < -0.4 is 5.32 Å². The second-order valence-electron chi connectivity index (χ2n) is 1.66. The van der Waals surface area contributed by atoms with Crippen LogP contribution in [0.1, 0.15) is 13.8 Å². The van der Waals surface area contributed by atoms with Crippen LogP contribution in [0.2, 0.25) is 11.6 Å². The Bertz CT molecular complexity index is 22.5. The van der Waals surface area contributed by atoms with E-state index in [4.69, 9.17) is 0 Å². The molecule has 0 rings (SSSR count). The largest absolute Gasteiger partial charge is 0.317 e. The van der Waals surface area contributed by atoms with Crippen LogP contribution in [0, 0.1) is 0 Å². The first-order chi connectivity index (χ1) is 3.83. The standard InChI is InChI=1S/C4H11N.2CH3.Al.H/c1-3-5-4-2;;;;/h5H,3-4H2,1-2H3;2*1H3;;. The molecular formula is C6H18AlN. The molecular weight excluding hydrogens is 113 g/mol. The summed E-state index contributed by atoms with van der Waals surface area (Å²) in [6.45, 7) is 6.39. The Kier molecular flexibility index (Phi) is 22.1. The quantitative estimate of drug-likeness (QED) is 0.554. The zero-order chi connectivity index (χ0) is 6.83. The molecule has 0 saturated heterocycles. The molecule has 1 N–H and O–H groups in total. The number of hydrogen-bond acceptors (Lipinski definition) is 1. The molecule has 0 aliphatic heterocycles. The van der Waals surface area contributed by atoms with Crippen LogP contribution in [-0.4, -0.2) is 28.3 Å². The molecule has 0 aromatic carbocycles. The summed E-state index contributed by atoms with van der Waals surface area (Å²) in [4.78, 5) is 0. The van der Waals surface area contributed by atoms with Gasteiger partial charge in [-0.2, -0.15) is 0 Å². The monoisotopic (exact) mass is 131 g/mol. The Hall–Kier alpha value is 0.492. The zero-order valence-electron chi connectivity index (χ0n) is 6.62. The molecule has 0 unspecified atom stereocenters. The van der Waals surface area contributed by atoms with Gasteiger partial charge in [0.05, 0.1) is 0 Å². The summed E-state index contributed by atoms with van der Waals surface area (Å²) >= 11 is 0.417. The summed E-state index contributed by atoms with van der Waals surface area (Å²) < 4.78 is 0. The van der Waals surface area contributed by atoms with E-state index < -0.39 is 0 Å². The minimum Gasteiger partial charge on any atom is -0.317 e. The van der Waals surface area contributed by atoms with Crippen LogP contribution in [0.15, 0.2) is 0 Å². The second kappa shape index (κ2) is 15.6. The number of rotatable bonds is 2. The van der Waals surface area contributed by atoms with Crippen LogP contribution in [-0.2, 0) is 0 Å². The molecule has 0 aromatic rings. The summed E-state index contributed by atoms with van der Waals surface area (Å²) in [6, 6.07) is 0. The van der Waals surface area contributed by atoms with Gasteiger partial charge in [-0.3, -0.25) is 0 Å². The summed E-state index contributed by atoms with van der Waals surface area (Å²) in [6.07, 6.45) is 0. The van der Waals surface area contributed by atoms with E-state index in [0.29, 0.717) is 15.2 Å². The lowest BCUT2D eigenvalue weighted by molar-refractivity contribution is 0.762. The highest BCUT2D eigenvalue weighted by atomic mass is 27.1. The van der Waals surface area contributed by atoms with E-state index in [1.807, 2.05) is 0 Å². The summed E-state index contributed by atoms with van der Waals surface area (Å²) in [5, 5.41) is 3.11. The first kappa shape index (κ1) is 11.3. The molecule has 2 heteroatoms. The SMILES string of the molecule is CCNCC.[CH3][AlH][CH3]. The highest BCUT2D eigenvalue weighted by molar-refractivity contribution is 6.31. The van der Waals surface area contributed by atoms with Crippen LogP contribution in [0.3, 0.4) is 0 Å². The Labute approximate surface area is 59.6 Å². The van der Waals surface area contributed by atoms with Gasteiger partial charge in [0.1, 0.15) is 0 Å². The maximum absolute atomic E-state index is 3.11. The smallest absolute Gasteiger partial charge is 0.229 e. The van der Waals surface area contributed by atoms with Gasteiger partial charge in [0, 0.05) is 0 Å². The predicted molar refractivity (Wildman–Crippen MR) is 43.1 cm³/mol. The van der Waals surface area contributed by atoms with Crippen molar-refractivity contribution < 1.29 is 0 Å². The molecule has 0 radical (unpaired) electrons. The van der Waals surface area contributed by atoms with E-state index in [1.54, 1.807) is 0 Å². The lowest BCUT2D eigenvalue weighted by Crippen LogP contribution is -2.09. The predicted octanol–water partition coefficient (Wildman–Crippen LogP) is 1.13. The molecule has 0 spiro atoms. The molecule has 0 fully saturated rings. The molecule has 0 bridgehead atoms. The molecule has 50 valence electrons. The maximum atomic E-state index is 3.11. The lowest BCUT2D eigenvalue weighted by Gasteiger charge is -1.86. The Balaban J connectivity index is 0. The van der Waals surface area contributed by atoms with Crippen molar-refractivity contribution in [2.24, 2.45) is 0 Å². The average Bonchev–Trinajstić information content (AvgIpc) is 1.71. The van der Waals surface area contributed by atoms with E-state index in [2.05, 4.69) is 30.7 Å². The fourth-order valence-electron chi connectivity index (χ4n) is 0.250. The van der Waals surface area contributed by atoms with Crippen LogP contribution in [0.5, 0.6) is 0 Å². The fourth-order valence-corrected chi connectivity index (χ4v) is 0.250. The van der Waals surface area contributed by atoms with Gasteiger partial charge in [0.15, 0.2) is 0 Å². The van der Waals surface area contributed by atoms with Crippen molar-refractivity contribution in [1.82, 2.24) is 5.32 Å². The van der Waals surface area contributed by atoms with E-state index in [0.717, 1.165) is 13.1 Å². The van der Waals surface area contributed by atoms with Crippen LogP contribution in [0.4, 0.5) is 0 Å². The fraction of sp³-hybridized carbons (Fsp3) is 1.00. The first-order valence-corrected chi connectivity index (χ1v) is 6.36. The van der Waals surface area contributed by atoms with Gasteiger partial charge in [-0.1, -0.05) is 13.8 Å². The second-order valence-corrected chi connectivity index (χ2v) is 3.08. The minimum atomic E-state index is 0.417. The first-order valence-electron chi connectivity index (χ1n) is 3.54. The van der Waals surface area contributed by atoms with Crippen molar-refractivity contribution >= 4 is 15.2 Å². The third-order valence-electron chi connectivity index (χ3n) is 0.500. The maximum Gasteiger partial charge on any atom is 0.229 e. The van der Waals surface area contributed by atoms with Crippen molar-refractivity contribution in [3.05, 3.63) is 0 Å². The van der Waals surface area contributed by atoms with Gasteiger partial charge in [0.25, 0.3) is 0 Å². The van der Waals surface area contributed by atoms with E-state index in [-0.39, 0.29) is 0 Å². The third kappa shape index (κ3) is 31.5. The average molecular weight is 131 g/mol. The molecule has 0 aliphatic carbocycles. The number of nitrogens with one attached hydrogen (secondary N) is 1. The normalized spacial score (nSPS) is 7.00. The molecule has 0 aromatic heterocycles. The molecule has 0 atom stereocenters. The van der Waals surface area contributed by atoms with Gasteiger partial charge in [-0.05, 0) is 13.1 Å². The summed E-state index contributed by atoms with van der Waals surface area (Å²) in [5.74, 6) is 4.53. The molecule has 8 heavy (non-hydrogen) atoms. The van der Waals surface area contributed by atoms with Crippen molar-refractivity contribution in [3.8, 4) is 0 Å². The van der Waals surface area contributed by atoms with E-state index in [1.165, 1.54) is 0 Å². The van der Waals surface area contributed by atoms with Gasteiger partial charge in [-0.25, -0.2) is 0 Å². The van der Waals surface area contributed by atoms with E-state index >= 15 is 0 Å². The minimum absolute atomic E-state index is 0.417. The molecule has 0 heterocycles. The van der Waals surface area contributed by atoms with Crippen molar-refractivity contribution in [2.75, 3.05) is 13.1 Å². The highest BCUT2D eigenvalue weighted by Crippen LogP contribution is 1.47. The topological polar surface area (TPSA) is 12.0 Å². The Morgan fingerprint density at radius 3 is 1.38 bits per heavy atom. The zero-order valence-corrected chi connectivity index (χ0v) is 8.04. The highest BCUT2D eigenvalue weighted by Gasteiger charge is 1.62. The molecule has 0 saturated carbocycles. The van der Waals surface area contributed by atoms with Crippen LogP contribution >= 0.6 is 0 Å². The van der Waals surface area contributed by atoms with Crippen molar-refractivity contribution in [2.45, 2.75) is 25.4 Å². The third-order valence-corrected chi connectivity index (χ3v) is 0.500. The van der Waals surface area contributed by atoms with Gasteiger partial charge in [0.2, 0.25) is 15.2 Å². The van der Waals surface area contributed by atoms with Crippen LogP contribution in [0.25, 0.3) is 0 Å². The number of hydrogen-bond donors (Lipinski definition) is 1. The van der Waals surface area contributed by atoms with Gasteiger partial charge in [-0.15, -0.1) is 11.6 Å². The van der Waals surface area contributed by atoms with Crippen molar-refractivity contribution in [1.29, 1.82) is 0 Å². The Morgan fingerprint density at radius 1 is 1.12 bits per heavy atom. The van der Waals surface area contributed by atoms with E-state index in [9.17, 15) is 0 Å². The molecule has 0 aliphatic rings. The Morgan fingerprint density at radius 2 is 1.38 bits per heavy atom. The van der Waals surface area contributed by atoms with Gasteiger partial charge >= 0.3 is 0 Å². The van der Waals surface area contributed by atoms with Crippen molar-refractivity contribution in [3.63, 3.8) is 0 Å². The molecule has 1 nitrogen and oxygen atoms in total. The van der Waals surface area contributed by atoms with Gasteiger partial charge < -0.3 is 5.32 Å². The summed E-state index contributed by atoms with van der Waals surface area (Å²) in [5.41, 5.74) is 0. The lowest BCUT2D eigenvalue weighted by atomic mass is 10.7. The molecule has 0 amide bonds.